The molecular weight excluding hydrogens is 437 g/mol. The lowest BCUT2D eigenvalue weighted by atomic mass is 10.1. The van der Waals surface area contributed by atoms with Crippen molar-refractivity contribution in [3.05, 3.63) is 68.8 Å². The lowest BCUT2D eigenvalue weighted by Gasteiger charge is -2.11. The van der Waals surface area contributed by atoms with Gasteiger partial charge in [-0.05, 0) is 48.9 Å². The first-order valence-corrected chi connectivity index (χ1v) is 9.92. The number of thiocarbonyl (C=S) groups is 1. The Morgan fingerprint density at radius 1 is 1.31 bits per heavy atom. The van der Waals surface area contributed by atoms with Crippen LogP contribution in [0.15, 0.2) is 51.8 Å². The van der Waals surface area contributed by atoms with Crippen molar-refractivity contribution in [1.82, 2.24) is 4.90 Å². The molecule has 1 fully saturated rings. The number of carbonyl (C=O) groups excluding carboxylic acids is 1. The fourth-order valence-electron chi connectivity index (χ4n) is 2.47. The number of nitrogens with zero attached hydrogens (tertiary/aromatic N) is 1. The summed E-state index contributed by atoms with van der Waals surface area (Å²) in [5.41, 5.74) is 1.49. The van der Waals surface area contributed by atoms with Crippen molar-refractivity contribution in [3.8, 4) is 5.75 Å². The molecule has 7 heteroatoms. The van der Waals surface area contributed by atoms with Crippen LogP contribution in [0.5, 0.6) is 5.75 Å². The number of rotatable bonds is 5. The molecule has 1 aliphatic heterocycles. The maximum Gasteiger partial charge on any atom is 0.266 e. The second-order valence-electron chi connectivity index (χ2n) is 5.53. The second kappa shape index (κ2) is 8.33. The minimum atomic E-state index is -0.301. The maximum atomic E-state index is 13.3. The zero-order chi connectivity index (χ0) is 18.7. The number of hydrogen-bond acceptors (Lipinski definition) is 4. The normalized spacial score (nSPS) is 15.8. The van der Waals surface area contributed by atoms with Crippen LogP contribution in [-0.2, 0) is 11.4 Å². The third-order valence-electron chi connectivity index (χ3n) is 3.73. The highest BCUT2D eigenvalue weighted by molar-refractivity contribution is 9.10. The zero-order valence-corrected chi connectivity index (χ0v) is 17.1. The van der Waals surface area contributed by atoms with Crippen LogP contribution in [0.25, 0.3) is 6.08 Å². The van der Waals surface area contributed by atoms with Crippen LogP contribution < -0.4 is 4.74 Å². The van der Waals surface area contributed by atoms with E-state index in [2.05, 4.69) is 15.9 Å². The van der Waals surface area contributed by atoms with Gasteiger partial charge in [0.2, 0.25) is 0 Å². The third-order valence-corrected chi connectivity index (χ3v) is 5.60. The number of ether oxygens (including phenoxy) is 1. The number of thioether (sulfide) groups is 1. The summed E-state index contributed by atoms with van der Waals surface area (Å²) in [6.07, 6.45) is 1.78. The first-order chi connectivity index (χ1) is 12.5. The van der Waals surface area contributed by atoms with Crippen LogP contribution in [0, 0.1) is 5.82 Å². The maximum absolute atomic E-state index is 13.3. The van der Waals surface area contributed by atoms with E-state index in [1.54, 1.807) is 23.1 Å². The van der Waals surface area contributed by atoms with Crippen molar-refractivity contribution < 1.29 is 13.9 Å². The monoisotopic (exact) mass is 451 g/mol. The molecule has 2 aromatic carbocycles. The largest absolute Gasteiger partial charge is 0.488 e. The van der Waals surface area contributed by atoms with E-state index in [0.29, 0.717) is 21.5 Å². The Morgan fingerprint density at radius 3 is 2.81 bits per heavy atom. The number of amides is 1. The van der Waals surface area contributed by atoms with Crippen molar-refractivity contribution >= 4 is 56.2 Å². The molecule has 0 bridgehead atoms. The quantitative estimate of drug-likeness (QED) is 0.450. The summed E-state index contributed by atoms with van der Waals surface area (Å²) in [4.78, 5) is 14.5. The summed E-state index contributed by atoms with van der Waals surface area (Å²) < 4.78 is 20.6. The van der Waals surface area contributed by atoms with Crippen LogP contribution >= 0.6 is 39.9 Å². The number of benzene rings is 2. The number of hydrogen-bond donors (Lipinski definition) is 0. The lowest BCUT2D eigenvalue weighted by Crippen LogP contribution is -2.27. The van der Waals surface area contributed by atoms with E-state index in [4.69, 9.17) is 17.0 Å². The van der Waals surface area contributed by atoms with Crippen LogP contribution in [0.1, 0.15) is 18.1 Å². The summed E-state index contributed by atoms with van der Waals surface area (Å²) in [7, 11) is 0. The van der Waals surface area contributed by atoms with Crippen LogP contribution in [0.4, 0.5) is 4.39 Å². The highest BCUT2D eigenvalue weighted by atomic mass is 79.9. The molecular formula is C19H15BrFNO2S2. The van der Waals surface area contributed by atoms with Gasteiger partial charge in [0.25, 0.3) is 5.91 Å². The average Bonchev–Trinajstić information content (AvgIpc) is 2.87. The average molecular weight is 452 g/mol. The molecule has 0 atom stereocenters. The van der Waals surface area contributed by atoms with E-state index in [0.717, 1.165) is 15.6 Å². The predicted octanol–water partition coefficient (Wildman–Crippen LogP) is 5.39. The molecule has 1 amide bonds. The first-order valence-electron chi connectivity index (χ1n) is 7.90. The molecule has 26 heavy (non-hydrogen) atoms. The molecule has 0 radical (unpaired) electrons. The number of halogens is 2. The van der Waals surface area contributed by atoms with E-state index in [9.17, 15) is 9.18 Å². The SMILES string of the molecule is CCN1C(=O)/C(=C/c2cc(Br)ccc2OCc2cccc(F)c2)SC1=S. The minimum Gasteiger partial charge on any atom is -0.488 e. The molecule has 134 valence electrons. The van der Waals surface area contributed by atoms with Crippen LogP contribution in [0.3, 0.4) is 0 Å². The summed E-state index contributed by atoms with van der Waals surface area (Å²) in [6.45, 7) is 2.67. The van der Waals surface area contributed by atoms with Crippen molar-refractivity contribution in [1.29, 1.82) is 0 Å². The van der Waals surface area contributed by atoms with Crippen LogP contribution in [-0.4, -0.2) is 21.7 Å². The Balaban J connectivity index is 1.86. The second-order valence-corrected chi connectivity index (χ2v) is 8.12. The van der Waals surface area contributed by atoms with Crippen molar-refractivity contribution in [2.45, 2.75) is 13.5 Å². The Morgan fingerprint density at radius 2 is 2.12 bits per heavy atom. The Hall–Kier alpha value is -1.70. The Kier molecular flexibility index (Phi) is 6.11. The highest BCUT2D eigenvalue weighted by Crippen LogP contribution is 2.35. The van der Waals surface area contributed by atoms with Gasteiger partial charge in [0.15, 0.2) is 0 Å². The van der Waals surface area contributed by atoms with Gasteiger partial charge in [0, 0.05) is 16.6 Å². The molecule has 0 saturated carbocycles. The van der Waals surface area contributed by atoms with Gasteiger partial charge in [-0.2, -0.15) is 0 Å². The fraction of sp³-hybridized carbons (Fsp3) is 0.158. The molecule has 0 aromatic heterocycles. The van der Waals surface area contributed by atoms with E-state index in [1.807, 2.05) is 25.1 Å². The molecule has 1 aliphatic rings. The first kappa shape index (κ1) is 19.1. The van der Waals surface area contributed by atoms with Gasteiger partial charge in [0.1, 0.15) is 22.5 Å². The van der Waals surface area contributed by atoms with Gasteiger partial charge in [-0.15, -0.1) is 0 Å². The van der Waals surface area contributed by atoms with E-state index in [1.165, 1.54) is 23.9 Å². The van der Waals surface area contributed by atoms with Gasteiger partial charge in [0.05, 0.1) is 4.91 Å². The van der Waals surface area contributed by atoms with Crippen molar-refractivity contribution in [2.24, 2.45) is 0 Å². The summed E-state index contributed by atoms with van der Waals surface area (Å²) in [5.74, 6) is 0.211. The molecule has 1 saturated heterocycles. The molecule has 0 unspecified atom stereocenters. The third kappa shape index (κ3) is 4.34. The molecule has 1 heterocycles. The van der Waals surface area contributed by atoms with Gasteiger partial charge < -0.3 is 4.74 Å². The number of likely N-dealkylation sites (N-methyl/N-ethyl adjacent to an activating group) is 1. The zero-order valence-electron chi connectivity index (χ0n) is 13.9. The van der Waals surface area contributed by atoms with Gasteiger partial charge in [-0.3, -0.25) is 9.69 Å². The highest BCUT2D eigenvalue weighted by Gasteiger charge is 2.30. The molecule has 3 rings (SSSR count). The Labute approximate surface area is 169 Å². The molecule has 2 aromatic rings. The standard InChI is InChI=1S/C19H15BrFNO2S2/c1-2-22-18(23)17(26-19(22)25)10-13-9-14(20)6-7-16(13)24-11-12-4-3-5-15(21)8-12/h3-10H,2,11H2,1H3/b17-10-. The molecule has 0 N–H and O–H groups in total. The topological polar surface area (TPSA) is 29.5 Å². The van der Waals surface area contributed by atoms with Gasteiger partial charge in [-0.25, -0.2) is 4.39 Å². The van der Waals surface area contributed by atoms with E-state index < -0.39 is 0 Å². The molecule has 0 spiro atoms. The predicted molar refractivity (Wildman–Crippen MR) is 110 cm³/mol. The summed E-state index contributed by atoms with van der Waals surface area (Å²) in [5, 5.41) is 0. The smallest absolute Gasteiger partial charge is 0.266 e. The molecule has 3 nitrogen and oxygen atoms in total. The summed E-state index contributed by atoms with van der Waals surface area (Å²) in [6, 6.07) is 11.8. The van der Waals surface area contributed by atoms with Crippen molar-refractivity contribution in [3.63, 3.8) is 0 Å². The molecule has 0 aliphatic carbocycles. The fourth-order valence-corrected chi connectivity index (χ4v) is 4.22. The lowest BCUT2D eigenvalue weighted by molar-refractivity contribution is -0.121. The Bertz CT molecular complexity index is 901. The van der Waals surface area contributed by atoms with E-state index >= 15 is 0 Å². The van der Waals surface area contributed by atoms with Crippen molar-refractivity contribution in [2.75, 3.05) is 6.54 Å². The van der Waals surface area contributed by atoms with Crippen LogP contribution in [0.2, 0.25) is 0 Å². The minimum absolute atomic E-state index is 0.0986. The van der Waals surface area contributed by atoms with Gasteiger partial charge >= 0.3 is 0 Å². The number of carbonyl (C=O) groups is 1. The van der Waals surface area contributed by atoms with E-state index in [-0.39, 0.29) is 18.3 Å². The van der Waals surface area contributed by atoms with Gasteiger partial charge in [-0.1, -0.05) is 52.0 Å². The summed E-state index contributed by atoms with van der Waals surface area (Å²) >= 11 is 9.97.